The molecule has 0 aliphatic carbocycles. The molecule has 19 heavy (non-hydrogen) atoms. The predicted molar refractivity (Wildman–Crippen MR) is 78.0 cm³/mol. The first-order valence-electron chi connectivity index (χ1n) is 5.96. The van der Waals surface area contributed by atoms with Crippen LogP contribution in [0.5, 0.6) is 11.5 Å². The molecule has 0 aromatic heterocycles. The zero-order chi connectivity index (χ0) is 14.0. The van der Waals surface area contributed by atoms with Crippen LogP contribution in [0.25, 0.3) is 0 Å². The number of ether oxygens (including phenoxy) is 1. The summed E-state index contributed by atoms with van der Waals surface area (Å²) in [6.07, 6.45) is 0. The fourth-order valence-electron chi connectivity index (χ4n) is 1.74. The molecule has 2 nitrogen and oxygen atoms in total. The Morgan fingerprint density at radius 2 is 1.84 bits per heavy atom. The van der Waals surface area contributed by atoms with E-state index in [4.69, 9.17) is 10.5 Å². The van der Waals surface area contributed by atoms with E-state index in [9.17, 15) is 4.39 Å². The summed E-state index contributed by atoms with van der Waals surface area (Å²) in [4.78, 5) is 0. The lowest BCUT2D eigenvalue weighted by atomic mass is 10.1. The normalized spacial score (nSPS) is 12.3. The lowest BCUT2D eigenvalue weighted by molar-refractivity contribution is 0.468. The highest BCUT2D eigenvalue weighted by Crippen LogP contribution is 2.31. The molecule has 0 unspecified atom stereocenters. The minimum absolute atomic E-state index is 0.268. The first-order valence-corrected chi connectivity index (χ1v) is 6.75. The molecule has 0 saturated carbocycles. The van der Waals surface area contributed by atoms with Crippen molar-refractivity contribution in [3.05, 3.63) is 57.8 Å². The maximum Gasteiger partial charge on any atom is 0.132 e. The number of benzene rings is 2. The average molecular weight is 324 g/mol. The van der Waals surface area contributed by atoms with Crippen LogP contribution < -0.4 is 10.5 Å². The standard InChI is InChI=1S/C15H15BrFNO/c1-9-7-15(13(10(2)18)8-14(9)17)19-12-5-3-11(16)4-6-12/h3-8,10H,18H2,1-2H3/t10-/m0/s1. The molecule has 0 amide bonds. The molecule has 2 aromatic rings. The number of hydrogen-bond acceptors (Lipinski definition) is 2. The monoisotopic (exact) mass is 323 g/mol. The van der Waals surface area contributed by atoms with E-state index in [1.807, 2.05) is 24.3 Å². The third-order valence-electron chi connectivity index (χ3n) is 2.82. The molecule has 0 aliphatic rings. The zero-order valence-electron chi connectivity index (χ0n) is 10.8. The number of aryl methyl sites for hydroxylation is 1. The van der Waals surface area contributed by atoms with Crippen LogP contribution in [0.3, 0.4) is 0 Å². The van der Waals surface area contributed by atoms with Crippen molar-refractivity contribution in [1.29, 1.82) is 0 Å². The van der Waals surface area contributed by atoms with Crippen molar-refractivity contribution in [2.24, 2.45) is 5.73 Å². The first kappa shape index (κ1) is 14.0. The van der Waals surface area contributed by atoms with Crippen LogP contribution in [0.4, 0.5) is 4.39 Å². The van der Waals surface area contributed by atoms with Gasteiger partial charge >= 0.3 is 0 Å². The number of nitrogens with two attached hydrogens (primary N) is 1. The van der Waals surface area contributed by atoms with Crippen molar-refractivity contribution in [2.45, 2.75) is 19.9 Å². The Bertz CT molecular complexity index is 581. The van der Waals surface area contributed by atoms with Crippen LogP contribution in [0, 0.1) is 12.7 Å². The van der Waals surface area contributed by atoms with Gasteiger partial charge in [-0.3, -0.25) is 0 Å². The molecule has 0 saturated heterocycles. The van der Waals surface area contributed by atoms with E-state index in [-0.39, 0.29) is 11.9 Å². The van der Waals surface area contributed by atoms with Gasteiger partial charge in [0.05, 0.1) is 0 Å². The lowest BCUT2D eigenvalue weighted by Gasteiger charge is -2.15. The van der Waals surface area contributed by atoms with Crippen molar-refractivity contribution in [1.82, 2.24) is 0 Å². The van der Waals surface area contributed by atoms with Crippen LogP contribution in [0.1, 0.15) is 24.1 Å². The van der Waals surface area contributed by atoms with Gasteiger partial charge in [-0.25, -0.2) is 4.39 Å². The van der Waals surface area contributed by atoms with Gasteiger partial charge in [0, 0.05) is 16.1 Å². The minimum atomic E-state index is -0.291. The molecule has 2 N–H and O–H groups in total. The molecule has 0 bridgehead atoms. The smallest absolute Gasteiger partial charge is 0.132 e. The van der Waals surface area contributed by atoms with Gasteiger partial charge in [0.1, 0.15) is 17.3 Å². The van der Waals surface area contributed by atoms with Crippen LogP contribution in [0.15, 0.2) is 40.9 Å². The molecule has 2 aromatic carbocycles. The number of halogens is 2. The van der Waals surface area contributed by atoms with E-state index in [1.165, 1.54) is 6.07 Å². The van der Waals surface area contributed by atoms with Gasteiger partial charge < -0.3 is 10.5 Å². The van der Waals surface area contributed by atoms with Crippen LogP contribution in [-0.2, 0) is 0 Å². The summed E-state index contributed by atoms with van der Waals surface area (Å²) < 4.78 is 20.4. The third kappa shape index (κ3) is 3.33. The number of hydrogen-bond donors (Lipinski definition) is 1. The van der Waals surface area contributed by atoms with Crippen LogP contribution >= 0.6 is 15.9 Å². The Morgan fingerprint density at radius 3 is 2.42 bits per heavy atom. The highest BCUT2D eigenvalue weighted by atomic mass is 79.9. The minimum Gasteiger partial charge on any atom is -0.457 e. The van der Waals surface area contributed by atoms with Gasteiger partial charge in [-0.15, -0.1) is 0 Å². The largest absolute Gasteiger partial charge is 0.457 e. The van der Waals surface area contributed by atoms with Gasteiger partial charge in [-0.05, 0) is 55.8 Å². The Kier molecular flexibility index (Phi) is 4.22. The van der Waals surface area contributed by atoms with Gasteiger partial charge in [0.25, 0.3) is 0 Å². The summed E-state index contributed by atoms with van der Waals surface area (Å²) >= 11 is 3.36. The zero-order valence-corrected chi connectivity index (χ0v) is 12.4. The summed E-state index contributed by atoms with van der Waals surface area (Å²) in [6.45, 7) is 3.51. The molecule has 2 rings (SSSR count). The maximum absolute atomic E-state index is 13.6. The highest BCUT2D eigenvalue weighted by Gasteiger charge is 2.12. The molecule has 4 heteroatoms. The summed E-state index contributed by atoms with van der Waals surface area (Å²) in [5, 5.41) is 0. The Hall–Kier alpha value is -1.39. The van der Waals surface area contributed by atoms with Crippen molar-refractivity contribution in [3.8, 4) is 11.5 Å². The van der Waals surface area contributed by atoms with Gasteiger partial charge in [0.2, 0.25) is 0 Å². The Balaban J connectivity index is 2.38. The summed E-state index contributed by atoms with van der Waals surface area (Å²) in [7, 11) is 0. The average Bonchev–Trinajstić information content (AvgIpc) is 2.36. The summed E-state index contributed by atoms with van der Waals surface area (Å²) in [6, 6.07) is 10.3. The summed E-state index contributed by atoms with van der Waals surface area (Å²) in [5.41, 5.74) is 7.05. The molecule has 0 heterocycles. The molecular weight excluding hydrogens is 309 g/mol. The highest BCUT2D eigenvalue weighted by molar-refractivity contribution is 9.10. The van der Waals surface area contributed by atoms with E-state index < -0.39 is 0 Å². The second kappa shape index (κ2) is 5.72. The predicted octanol–water partition coefficient (Wildman–Crippen LogP) is 4.71. The molecule has 0 radical (unpaired) electrons. The molecule has 0 fully saturated rings. The number of rotatable bonds is 3. The molecule has 1 atom stereocenters. The van der Waals surface area contributed by atoms with E-state index in [0.717, 1.165) is 4.47 Å². The van der Waals surface area contributed by atoms with E-state index in [2.05, 4.69) is 15.9 Å². The molecule has 0 spiro atoms. The Labute approximate surface area is 120 Å². The van der Waals surface area contributed by atoms with Crippen LogP contribution in [-0.4, -0.2) is 0 Å². The second-order valence-electron chi connectivity index (χ2n) is 4.48. The Morgan fingerprint density at radius 1 is 1.21 bits per heavy atom. The van der Waals surface area contributed by atoms with Crippen molar-refractivity contribution < 1.29 is 9.13 Å². The van der Waals surface area contributed by atoms with Crippen LogP contribution in [0.2, 0.25) is 0 Å². The van der Waals surface area contributed by atoms with Gasteiger partial charge in [0.15, 0.2) is 0 Å². The van der Waals surface area contributed by atoms with Gasteiger partial charge in [-0.2, -0.15) is 0 Å². The topological polar surface area (TPSA) is 35.2 Å². The molecular formula is C15H15BrFNO. The fraction of sp³-hybridized carbons (Fsp3) is 0.200. The van der Waals surface area contributed by atoms with E-state index in [1.54, 1.807) is 19.9 Å². The quantitative estimate of drug-likeness (QED) is 0.887. The van der Waals surface area contributed by atoms with E-state index >= 15 is 0 Å². The first-order chi connectivity index (χ1) is 8.97. The van der Waals surface area contributed by atoms with E-state index in [0.29, 0.717) is 22.6 Å². The SMILES string of the molecule is Cc1cc(Oc2ccc(Br)cc2)c([C@H](C)N)cc1F. The third-order valence-corrected chi connectivity index (χ3v) is 3.35. The molecule has 0 aliphatic heterocycles. The second-order valence-corrected chi connectivity index (χ2v) is 5.40. The maximum atomic E-state index is 13.6. The van der Waals surface area contributed by atoms with Crippen molar-refractivity contribution >= 4 is 15.9 Å². The van der Waals surface area contributed by atoms with Crippen molar-refractivity contribution in [3.63, 3.8) is 0 Å². The lowest BCUT2D eigenvalue weighted by Crippen LogP contribution is -2.07. The summed E-state index contributed by atoms with van der Waals surface area (Å²) in [5.74, 6) is 1.02. The van der Waals surface area contributed by atoms with Crippen molar-refractivity contribution in [2.75, 3.05) is 0 Å². The fourth-order valence-corrected chi connectivity index (χ4v) is 2.01. The van der Waals surface area contributed by atoms with Gasteiger partial charge in [-0.1, -0.05) is 15.9 Å². The molecule has 100 valence electrons.